The standard InChI is InChI=1S/C21H15Cl2IN8O2/c22-10-2-1-3-11(8-10)32-19(34)16-12(23)4-7-31(16)29-20(32)24-14-5-6-30(14)17-15-13(9-26-18(15)33)27-21(25)28-17/h1-4,7-8,14H,5-6,9H2,(H2-,25,26,27,28,33)/p+1. The molecule has 0 saturated carbocycles. The number of benzene rings is 1. The highest BCUT2D eigenvalue weighted by atomic mass is 127. The molecule has 1 unspecified atom stereocenters. The molecular formula is C21H16Cl2IN8O2+. The van der Waals surface area contributed by atoms with Gasteiger partial charge in [-0.05, 0) is 24.3 Å². The zero-order valence-electron chi connectivity index (χ0n) is 17.4. The molecule has 5 heterocycles. The normalized spacial score (nSPS) is 17.1. The molecule has 3 aromatic heterocycles. The Kier molecular flexibility index (Phi) is 5.15. The summed E-state index contributed by atoms with van der Waals surface area (Å²) < 4.78 is 3.81. The van der Waals surface area contributed by atoms with E-state index >= 15 is 0 Å². The SMILES string of the molecule is Nc1nc2c(c(N3CCC3[I+]c3nn4ccc(Cl)c4c(=O)n3-c3cccc(Cl)c3)n1)C(=O)NC2. The topological polar surface area (TPSA) is 123 Å². The van der Waals surface area contributed by atoms with Crippen LogP contribution in [0.1, 0.15) is 22.5 Å². The second kappa shape index (κ2) is 8.10. The summed E-state index contributed by atoms with van der Waals surface area (Å²) in [5.74, 6) is 0.466. The number of carbonyl (C=O) groups excluding carboxylic acids is 1. The lowest BCUT2D eigenvalue weighted by atomic mass is 10.1. The molecule has 2 aliphatic rings. The highest BCUT2D eigenvalue weighted by Crippen LogP contribution is 2.29. The van der Waals surface area contributed by atoms with Crippen LogP contribution in [0.4, 0.5) is 11.8 Å². The van der Waals surface area contributed by atoms with Crippen molar-refractivity contribution in [1.29, 1.82) is 0 Å². The number of nitrogens with zero attached hydrogens (tertiary/aromatic N) is 6. The molecule has 3 N–H and O–H groups in total. The van der Waals surface area contributed by atoms with Gasteiger partial charge in [0.1, 0.15) is 11.1 Å². The third-order valence-corrected chi connectivity index (χ3v) is 9.54. The fourth-order valence-corrected chi connectivity index (χ4v) is 7.72. The number of alkyl halides is 1. The van der Waals surface area contributed by atoms with Crippen LogP contribution < -0.4 is 42.7 Å². The molecule has 1 amide bonds. The van der Waals surface area contributed by atoms with Gasteiger partial charge in [0.05, 0.1) is 22.9 Å². The fraction of sp³-hybridized carbons (Fsp3) is 0.190. The Morgan fingerprint density at radius 3 is 2.79 bits per heavy atom. The van der Waals surface area contributed by atoms with Gasteiger partial charge in [0.2, 0.25) is 10.00 Å². The van der Waals surface area contributed by atoms with E-state index in [0.717, 1.165) is 13.0 Å². The Morgan fingerprint density at radius 1 is 1.18 bits per heavy atom. The van der Waals surface area contributed by atoms with Crippen LogP contribution in [0, 0.1) is 3.83 Å². The number of hydrogen-bond acceptors (Lipinski definition) is 7. The van der Waals surface area contributed by atoms with Gasteiger partial charge >= 0.3 is 25.0 Å². The highest BCUT2D eigenvalue weighted by Gasteiger charge is 2.46. The van der Waals surface area contributed by atoms with Crippen molar-refractivity contribution < 1.29 is 26.0 Å². The van der Waals surface area contributed by atoms with E-state index in [0.29, 0.717) is 48.7 Å². The van der Waals surface area contributed by atoms with E-state index in [1.54, 1.807) is 35.0 Å². The molecule has 1 fully saturated rings. The second-order valence-electron chi connectivity index (χ2n) is 7.78. The van der Waals surface area contributed by atoms with E-state index in [9.17, 15) is 9.59 Å². The van der Waals surface area contributed by atoms with Crippen LogP contribution in [0.2, 0.25) is 10.0 Å². The number of aromatic nitrogens is 5. The van der Waals surface area contributed by atoms with Crippen molar-refractivity contribution in [2.45, 2.75) is 17.0 Å². The maximum Gasteiger partial charge on any atom is 0.386 e. The van der Waals surface area contributed by atoms with Crippen molar-refractivity contribution in [3.05, 3.63) is 72.0 Å². The minimum atomic E-state index is -0.849. The van der Waals surface area contributed by atoms with Crippen LogP contribution in [-0.4, -0.2) is 40.6 Å². The van der Waals surface area contributed by atoms with Crippen molar-refractivity contribution >= 4 is 46.4 Å². The summed E-state index contributed by atoms with van der Waals surface area (Å²) in [7, 11) is 0. The third-order valence-electron chi connectivity index (χ3n) is 5.73. The molecule has 0 spiro atoms. The first-order chi connectivity index (χ1) is 16.4. The van der Waals surface area contributed by atoms with Gasteiger partial charge in [0.15, 0.2) is 5.82 Å². The molecule has 0 bridgehead atoms. The zero-order valence-corrected chi connectivity index (χ0v) is 21.0. The first-order valence-corrected chi connectivity index (χ1v) is 13.4. The van der Waals surface area contributed by atoms with E-state index in [4.69, 9.17) is 34.0 Å². The van der Waals surface area contributed by atoms with E-state index < -0.39 is 21.2 Å². The Labute approximate surface area is 212 Å². The first kappa shape index (κ1) is 21.6. The lowest BCUT2D eigenvalue weighted by Gasteiger charge is -2.34. The van der Waals surface area contributed by atoms with Crippen molar-refractivity contribution in [3.63, 3.8) is 0 Å². The lowest BCUT2D eigenvalue weighted by molar-refractivity contribution is -0.682. The zero-order chi connectivity index (χ0) is 23.6. The monoisotopic (exact) mass is 609 g/mol. The third kappa shape index (κ3) is 3.41. The molecular weight excluding hydrogens is 594 g/mol. The Morgan fingerprint density at radius 2 is 2.03 bits per heavy atom. The number of nitrogens with one attached hydrogen (secondary N) is 1. The molecule has 10 nitrogen and oxygen atoms in total. The van der Waals surface area contributed by atoms with Crippen LogP contribution in [-0.2, 0) is 6.54 Å². The highest BCUT2D eigenvalue weighted by molar-refractivity contribution is 6.33. The predicted molar refractivity (Wildman–Crippen MR) is 123 cm³/mol. The average molecular weight is 610 g/mol. The smallest absolute Gasteiger partial charge is 0.368 e. The molecule has 4 aromatic rings. The molecule has 13 heteroatoms. The fourth-order valence-electron chi connectivity index (χ4n) is 4.07. The Hall–Kier alpha value is -2.90. The molecule has 6 rings (SSSR count). The van der Waals surface area contributed by atoms with Gasteiger partial charge in [-0.1, -0.05) is 29.3 Å². The summed E-state index contributed by atoms with van der Waals surface area (Å²) in [4.78, 5) is 36.6. The average Bonchev–Trinajstić information content (AvgIpc) is 3.33. The van der Waals surface area contributed by atoms with Crippen LogP contribution in [0.3, 0.4) is 0 Å². The van der Waals surface area contributed by atoms with Gasteiger partial charge in [0, 0.05) is 24.2 Å². The summed E-state index contributed by atoms with van der Waals surface area (Å²) >= 11 is 11.7. The van der Waals surface area contributed by atoms with Gasteiger partial charge in [-0.2, -0.15) is 4.98 Å². The van der Waals surface area contributed by atoms with Crippen LogP contribution in [0.5, 0.6) is 0 Å². The quantitative estimate of drug-likeness (QED) is 0.171. The molecule has 2 aliphatic heterocycles. The van der Waals surface area contributed by atoms with Crippen molar-refractivity contribution in [1.82, 2.24) is 29.5 Å². The van der Waals surface area contributed by atoms with Crippen molar-refractivity contribution in [3.8, 4) is 5.69 Å². The largest absolute Gasteiger partial charge is 0.386 e. The van der Waals surface area contributed by atoms with Gasteiger partial charge in [-0.3, -0.25) is 9.59 Å². The van der Waals surface area contributed by atoms with Crippen LogP contribution in [0.25, 0.3) is 11.2 Å². The molecule has 1 saturated heterocycles. The maximum atomic E-state index is 13.5. The van der Waals surface area contributed by atoms with Crippen molar-refractivity contribution in [2.24, 2.45) is 0 Å². The van der Waals surface area contributed by atoms with E-state index in [-0.39, 0.29) is 21.5 Å². The summed E-state index contributed by atoms with van der Waals surface area (Å²) in [6, 6.07) is 8.73. The summed E-state index contributed by atoms with van der Waals surface area (Å²) in [6.45, 7) is 1.06. The number of halogens is 3. The van der Waals surface area contributed by atoms with Crippen molar-refractivity contribution in [2.75, 3.05) is 17.2 Å². The predicted octanol–water partition coefficient (Wildman–Crippen LogP) is -1.10. The Bertz CT molecular complexity index is 1550. The van der Waals surface area contributed by atoms with E-state index in [1.165, 1.54) is 4.52 Å². The number of hydrogen-bond donors (Lipinski definition) is 2. The van der Waals surface area contributed by atoms with Crippen LogP contribution >= 0.6 is 23.2 Å². The van der Waals surface area contributed by atoms with Crippen LogP contribution in [0.15, 0.2) is 41.3 Å². The number of fused-ring (bicyclic) bond motifs is 2. The van der Waals surface area contributed by atoms with E-state index in [2.05, 4.69) is 20.2 Å². The number of nitrogens with two attached hydrogens (primary N) is 1. The lowest BCUT2D eigenvalue weighted by Crippen LogP contribution is -3.67. The maximum absolute atomic E-state index is 13.5. The van der Waals surface area contributed by atoms with Gasteiger partial charge < -0.3 is 16.0 Å². The summed E-state index contributed by atoms with van der Waals surface area (Å²) in [5, 5.41) is 8.39. The summed E-state index contributed by atoms with van der Waals surface area (Å²) in [6.07, 6.45) is 2.55. The summed E-state index contributed by atoms with van der Waals surface area (Å²) in [5.41, 5.74) is 7.66. The second-order valence-corrected chi connectivity index (χ2v) is 11.7. The number of rotatable bonds is 4. The number of nitrogen functional groups attached to an aromatic ring is 1. The van der Waals surface area contributed by atoms with E-state index in [1.807, 2.05) is 6.07 Å². The molecule has 0 aliphatic carbocycles. The van der Waals surface area contributed by atoms with Gasteiger partial charge in [0.25, 0.3) is 11.5 Å². The molecule has 1 atom stereocenters. The number of amides is 1. The first-order valence-electron chi connectivity index (χ1n) is 10.3. The minimum absolute atomic E-state index is 0.0615. The van der Waals surface area contributed by atoms with Gasteiger partial charge in [-0.15, -0.1) is 5.10 Å². The molecule has 1 aromatic carbocycles. The molecule has 0 radical (unpaired) electrons. The number of carbonyl (C=O) groups is 1. The minimum Gasteiger partial charge on any atom is -0.368 e. The number of anilines is 2. The molecule has 172 valence electrons. The molecule has 34 heavy (non-hydrogen) atoms. The Balaban J connectivity index is 1.45. The van der Waals surface area contributed by atoms with Gasteiger partial charge in [-0.25, -0.2) is 14.1 Å².